The van der Waals surface area contributed by atoms with Gasteiger partial charge in [0, 0.05) is 0 Å². The Morgan fingerprint density at radius 1 is 1.03 bits per heavy atom. The average molecular weight is 466 g/mol. The molecule has 0 radical (unpaired) electrons. The van der Waals surface area contributed by atoms with E-state index in [1.165, 1.54) is 16.3 Å². The van der Waals surface area contributed by atoms with Crippen molar-refractivity contribution >= 4 is 39.3 Å². The molecule has 0 aliphatic heterocycles. The summed E-state index contributed by atoms with van der Waals surface area (Å²) in [6.07, 6.45) is 0. The molecule has 0 aliphatic rings. The lowest BCUT2D eigenvalue weighted by Crippen LogP contribution is -2.22. The smallest absolute Gasteiger partial charge is 0.266 e. The molecule has 2 N–H and O–H groups in total. The van der Waals surface area contributed by atoms with Crippen molar-refractivity contribution in [1.29, 1.82) is 5.26 Å². The summed E-state index contributed by atoms with van der Waals surface area (Å²) in [5.41, 5.74) is 3.65. The fraction of sp³-hybridized carbons (Fsp3) is 0.0769. The summed E-state index contributed by atoms with van der Waals surface area (Å²) >= 11 is 1.18. The summed E-state index contributed by atoms with van der Waals surface area (Å²) in [5, 5.41) is 21.4. The van der Waals surface area contributed by atoms with Crippen LogP contribution in [0.5, 0.6) is 0 Å². The molecular formula is C26H19N5O2S. The monoisotopic (exact) mass is 465 g/mol. The molecule has 0 saturated heterocycles. The molecule has 5 aromatic rings. The molecular weight excluding hydrogens is 446 g/mol. The third-order valence-electron chi connectivity index (χ3n) is 5.40. The van der Waals surface area contributed by atoms with E-state index in [9.17, 15) is 15.2 Å². The number of allylic oxidation sites excluding steroid dienone is 1. The zero-order valence-electron chi connectivity index (χ0n) is 18.2. The molecule has 8 heteroatoms. The van der Waals surface area contributed by atoms with Crippen molar-refractivity contribution in [2.45, 2.75) is 12.1 Å². The second kappa shape index (κ2) is 8.89. The minimum absolute atomic E-state index is 0.0383. The Hall–Kier alpha value is -4.35. The number of aryl methyl sites for hydroxylation is 1. The van der Waals surface area contributed by atoms with Crippen LogP contribution in [0.4, 0.5) is 0 Å². The number of fused-ring (bicyclic) bond motifs is 2. The van der Waals surface area contributed by atoms with Gasteiger partial charge in [-0.3, -0.25) is 9.36 Å². The average Bonchev–Trinajstić information content (AvgIpc) is 3.28. The summed E-state index contributed by atoms with van der Waals surface area (Å²) in [6.45, 7) is 1.98. The highest BCUT2D eigenvalue weighted by Gasteiger charge is 2.17. The van der Waals surface area contributed by atoms with E-state index in [4.69, 9.17) is 0 Å². The normalized spacial score (nSPS) is 12.0. The first kappa shape index (κ1) is 21.5. The fourth-order valence-electron chi connectivity index (χ4n) is 3.66. The number of hydrogen-bond acceptors (Lipinski definition) is 6. The van der Waals surface area contributed by atoms with Crippen molar-refractivity contribution in [1.82, 2.24) is 19.5 Å². The van der Waals surface area contributed by atoms with Crippen LogP contribution < -0.4 is 5.56 Å². The Labute approximate surface area is 199 Å². The summed E-state index contributed by atoms with van der Waals surface area (Å²) in [4.78, 5) is 25.5. The lowest BCUT2D eigenvalue weighted by Gasteiger charge is -2.13. The van der Waals surface area contributed by atoms with Crippen LogP contribution in [0.2, 0.25) is 0 Å². The number of hydrogen-bond donors (Lipinski definition) is 2. The van der Waals surface area contributed by atoms with E-state index in [1.807, 2.05) is 67.6 Å². The van der Waals surface area contributed by atoms with Gasteiger partial charge < -0.3 is 10.1 Å². The first-order valence-electron chi connectivity index (χ1n) is 10.5. The van der Waals surface area contributed by atoms with E-state index in [1.54, 1.807) is 18.2 Å². The van der Waals surface area contributed by atoms with Crippen LogP contribution >= 0.6 is 11.8 Å². The van der Waals surface area contributed by atoms with Gasteiger partial charge in [0.25, 0.3) is 5.56 Å². The number of aromatic amines is 1. The Balaban J connectivity index is 1.56. The van der Waals surface area contributed by atoms with Gasteiger partial charge in [0.2, 0.25) is 0 Å². The van der Waals surface area contributed by atoms with Gasteiger partial charge in [0.05, 0.1) is 33.4 Å². The molecule has 3 aromatic carbocycles. The molecule has 2 aromatic heterocycles. The highest BCUT2D eigenvalue weighted by Crippen LogP contribution is 2.26. The van der Waals surface area contributed by atoms with E-state index in [0.29, 0.717) is 33.1 Å². The summed E-state index contributed by atoms with van der Waals surface area (Å²) in [7, 11) is 0. The van der Waals surface area contributed by atoms with Crippen molar-refractivity contribution in [3.8, 4) is 11.8 Å². The van der Waals surface area contributed by atoms with Crippen LogP contribution in [0.1, 0.15) is 11.4 Å². The number of aromatic nitrogens is 4. The largest absolute Gasteiger partial charge is 0.510 e. The van der Waals surface area contributed by atoms with Crippen molar-refractivity contribution < 1.29 is 5.11 Å². The molecule has 166 valence electrons. The maximum Gasteiger partial charge on any atom is 0.266 e. The number of benzene rings is 3. The van der Waals surface area contributed by atoms with Crippen LogP contribution in [0, 0.1) is 18.3 Å². The van der Waals surface area contributed by atoms with Crippen LogP contribution in [0.3, 0.4) is 0 Å². The predicted molar refractivity (Wildman–Crippen MR) is 134 cm³/mol. The number of aliphatic hydroxyl groups is 1. The van der Waals surface area contributed by atoms with E-state index >= 15 is 0 Å². The number of imidazole rings is 1. The van der Waals surface area contributed by atoms with Gasteiger partial charge >= 0.3 is 0 Å². The van der Waals surface area contributed by atoms with Gasteiger partial charge in [0.15, 0.2) is 11.0 Å². The van der Waals surface area contributed by atoms with Gasteiger partial charge in [-0.15, -0.1) is 0 Å². The Morgan fingerprint density at radius 3 is 2.47 bits per heavy atom. The lowest BCUT2D eigenvalue weighted by atomic mass is 10.2. The van der Waals surface area contributed by atoms with E-state index in [0.717, 1.165) is 11.1 Å². The third kappa shape index (κ3) is 3.93. The number of nitrogens with zero attached hydrogens (tertiary/aromatic N) is 4. The highest BCUT2D eigenvalue weighted by molar-refractivity contribution is 7.99. The molecule has 0 fully saturated rings. The molecule has 0 spiro atoms. The number of rotatable bonds is 5. The first-order valence-corrected chi connectivity index (χ1v) is 11.5. The van der Waals surface area contributed by atoms with Crippen molar-refractivity contribution in [2.75, 3.05) is 5.75 Å². The summed E-state index contributed by atoms with van der Waals surface area (Å²) in [5.74, 6) is 0.185. The van der Waals surface area contributed by atoms with Gasteiger partial charge in [-0.25, -0.2) is 9.97 Å². The maximum atomic E-state index is 13.4. The summed E-state index contributed by atoms with van der Waals surface area (Å²) < 4.78 is 1.53. The van der Waals surface area contributed by atoms with Crippen molar-refractivity contribution in [2.24, 2.45) is 0 Å². The second-order valence-electron chi connectivity index (χ2n) is 7.71. The topological polar surface area (TPSA) is 108 Å². The van der Waals surface area contributed by atoms with E-state index < -0.39 is 0 Å². The number of nitrogens with one attached hydrogen (secondary N) is 1. The molecule has 0 aliphatic carbocycles. The van der Waals surface area contributed by atoms with Crippen LogP contribution in [-0.2, 0) is 0 Å². The highest BCUT2D eigenvalue weighted by atomic mass is 32.2. The number of thioether (sulfide) groups is 1. The molecule has 0 unspecified atom stereocenters. The molecule has 2 heterocycles. The summed E-state index contributed by atoms with van der Waals surface area (Å²) in [6, 6.07) is 24.2. The number of H-pyrrole nitrogens is 1. The van der Waals surface area contributed by atoms with Crippen LogP contribution in [-0.4, -0.2) is 30.4 Å². The molecule has 0 amide bonds. The maximum absolute atomic E-state index is 13.4. The van der Waals surface area contributed by atoms with Crippen LogP contribution in [0.15, 0.2) is 88.5 Å². The van der Waals surface area contributed by atoms with Gasteiger partial charge in [0.1, 0.15) is 17.4 Å². The van der Waals surface area contributed by atoms with E-state index in [2.05, 4.69) is 15.0 Å². The first-order chi connectivity index (χ1) is 16.5. The SMILES string of the molecule is Cc1ccc(-n2c(SCC(O)=C(C#N)c3nc4ccccc4[nH]3)nc3ccccc3c2=O)cc1. The van der Waals surface area contributed by atoms with Gasteiger partial charge in [-0.1, -0.05) is 53.7 Å². The molecule has 34 heavy (non-hydrogen) atoms. The van der Waals surface area contributed by atoms with Crippen molar-refractivity contribution in [3.63, 3.8) is 0 Å². The van der Waals surface area contributed by atoms with Gasteiger partial charge in [-0.2, -0.15) is 5.26 Å². The Kier molecular flexibility index (Phi) is 5.62. The standard InChI is InChI=1S/C26H19N5O2S/c1-16-10-12-17(13-11-16)31-25(33)18-6-2-3-7-20(18)30-26(31)34-15-23(32)19(14-27)24-28-21-8-4-5-9-22(21)29-24/h2-13,32H,15H2,1H3,(H,28,29). The fourth-order valence-corrected chi connectivity index (χ4v) is 4.55. The quantitative estimate of drug-likeness (QED) is 0.161. The number of nitriles is 1. The van der Waals surface area contributed by atoms with Crippen molar-refractivity contribution in [3.05, 3.63) is 100 Å². The van der Waals surface area contributed by atoms with E-state index in [-0.39, 0.29) is 22.6 Å². The number of para-hydroxylation sites is 3. The zero-order valence-corrected chi connectivity index (χ0v) is 19.0. The third-order valence-corrected chi connectivity index (χ3v) is 6.35. The number of aliphatic hydroxyl groups excluding tert-OH is 1. The molecule has 0 saturated carbocycles. The van der Waals surface area contributed by atoms with Crippen LogP contribution in [0.25, 0.3) is 33.2 Å². The Bertz CT molecular complexity index is 1630. The molecule has 7 nitrogen and oxygen atoms in total. The molecule has 0 atom stereocenters. The minimum atomic E-state index is -0.196. The predicted octanol–water partition coefficient (Wildman–Crippen LogP) is 5.16. The zero-order chi connectivity index (χ0) is 23.7. The second-order valence-corrected chi connectivity index (χ2v) is 8.65. The molecule has 5 rings (SSSR count). The Morgan fingerprint density at radius 2 is 1.74 bits per heavy atom. The molecule has 0 bridgehead atoms. The lowest BCUT2D eigenvalue weighted by molar-refractivity contribution is 0.420. The minimum Gasteiger partial charge on any atom is -0.510 e. The van der Waals surface area contributed by atoms with Gasteiger partial charge in [-0.05, 0) is 43.3 Å².